The Balaban J connectivity index is 1.14. The van der Waals surface area contributed by atoms with E-state index in [1.807, 2.05) is 43.3 Å². The van der Waals surface area contributed by atoms with Gasteiger partial charge in [-0.15, -0.1) is 0 Å². The summed E-state index contributed by atoms with van der Waals surface area (Å²) in [6.07, 6.45) is 0.990. The summed E-state index contributed by atoms with van der Waals surface area (Å²) in [6.45, 7) is 2.80. The van der Waals surface area contributed by atoms with Gasteiger partial charge < -0.3 is 25.2 Å². The molecule has 0 saturated carbocycles. The van der Waals surface area contributed by atoms with E-state index >= 15 is 0 Å². The van der Waals surface area contributed by atoms with Crippen LogP contribution in [0.5, 0.6) is 5.75 Å². The summed E-state index contributed by atoms with van der Waals surface area (Å²) in [4.78, 5) is 12.5. The van der Waals surface area contributed by atoms with Crippen LogP contribution in [-0.2, 0) is 11.2 Å². The molecule has 5 rings (SSSR count). The number of anilines is 1. The van der Waals surface area contributed by atoms with Crippen LogP contribution in [0.3, 0.4) is 0 Å². The molecule has 1 amide bonds. The molecule has 0 aromatic heterocycles. The van der Waals surface area contributed by atoms with Gasteiger partial charge in [0.15, 0.2) is 0 Å². The first-order chi connectivity index (χ1) is 16.7. The molecule has 0 fully saturated rings. The standard InChI is InChI=1S/C28H30N2O4/c1-2-19(16-31)30-20-11-12-27-18(13-20)14-21(34-27)15-29-28(32)33-17-26-24-9-5-3-7-22(24)23-8-4-6-10-25(23)26/h3-13,19,21,26,30-31H,2,14-17H2,1H3,(H,29,32). The number of ether oxygens (including phenoxy) is 2. The van der Waals surface area contributed by atoms with E-state index in [9.17, 15) is 9.90 Å². The van der Waals surface area contributed by atoms with Crippen LogP contribution >= 0.6 is 0 Å². The topological polar surface area (TPSA) is 79.8 Å². The third-order valence-corrected chi connectivity index (χ3v) is 6.70. The molecule has 3 aromatic carbocycles. The molecule has 34 heavy (non-hydrogen) atoms. The van der Waals surface area contributed by atoms with E-state index in [-0.39, 0.29) is 24.7 Å². The lowest BCUT2D eigenvalue weighted by Gasteiger charge is -2.16. The normalized spacial score (nSPS) is 16.7. The van der Waals surface area contributed by atoms with Gasteiger partial charge in [-0.05, 0) is 52.4 Å². The number of nitrogens with one attached hydrogen (secondary N) is 2. The Hall–Kier alpha value is -3.51. The number of hydrogen-bond donors (Lipinski definition) is 3. The van der Waals surface area contributed by atoms with E-state index in [1.54, 1.807) is 0 Å². The number of rotatable bonds is 8. The molecule has 3 aromatic rings. The van der Waals surface area contributed by atoms with Crippen LogP contribution < -0.4 is 15.4 Å². The van der Waals surface area contributed by atoms with Gasteiger partial charge >= 0.3 is 6.09 Å². The van der Waals surface area contributed by atoms with E-state index in [0.29, 0.717) is 19.6 Å². The van der Waals surface area contributed by atoms with Gasteiger partial charge in [-0.25, -0.2) is 4.79 Å². The highest BCUT2D eigenvalue weighted by Gasteiger charge is 2.29. The number of aliphatic hydroxyl groups excluding tert-OH is 1. The second-order valence-corrected chi connectivity index (χ2v) is 8.91. The number of alkyl carbamates (subject to hydrolysis) is 1. The minimum Gasteiger partial charge on any atom is -0.488 e. The van der Waals surface area contributed by atoms with Gasteiger partial charge in [-0.3, -0.25) is 0 Å². The van der Waals surface area contributed by atoms with Crippen molar-refractivity contribution in [3.8, 4) is 16.9 Å². The summed E-state index contributed by atoms with van der Waals surface area (Å²) in [5, 5.41) is 15.6. The lowest BCUT2D eigenvalue weighted by Crippen LogP contribution is -2.35. The predicted octanol–water partition coefficient (Wildman–Crippen LogP) is 4.71. The average molecular weight is 459 g/mol. The minimum atomic E-state index is -0.433. The zero-order chi connectivity index (χ0) is 23.5. The molecule has 2 unspecified atom stereocenters. The van der Waals surface area contributed by atoms with Crippen molar-refractivity contribution in [3.63, 3.8) is 0 Å². The molecule has 2 atom stereocenters. The van der Waals surface area contributed by atoms with Crippen LogP contribution in [0, 0.1) is 0 Å². The Bertz CT molecular complexity index is 1130. The molecule has 0 spiro atoms. The van der Waals surface area contributed by atoms with Crippen molar-refractivity contribution in [2.75, 3.05) is 25.1 Å². The molecule has 6 nitrogen and oxygen atoms in total. The number of carbonyl (C=O) groups excluding carboxylic acids is 1. The van der Waals surface area contributed by atoms with E-state index in [2.05, 4.69) is 41.0 Å². The first kappa shape index (κ1) is 22.3. The molecular formula is C28H30N2O4. The van der Waals surface area contributed by atoms with Crippen molar-refractivity contribution in [1.29, 1.82) is 0 Å². The van der Waals surface area contributed by atoms with Crippen LogP contribution in [0.15, 0.2) is 66.7 Å². The molecule has 0 saturated heterocycles. The van der Waals surface area contributed by atoms with Crippen molar-refractivity contribution in [2.24, 2.45) is 0 Å². The molecule has 176 valence electrons. The Kier molecular flexibility index (Phi) is 6.41. The summed E-state index contributed by atoms with van der Waals surface area (Å²) in [7, 11) is 0. The highest BCUT2D eigenvalue weighted by molar-refractivity contribution is 5.79. The van der Waals surface area contributed by atoms with Crippen LogP contribution in [0.25, 0.3) is 11.1 Å². The molecule has 1 aliphatic carbocycles. The van der Waals surface area contributed by atoms with E-state index < -0.39 is 6.09 Å². The summed E-state index contributed by atoms with van der Waals surface area (Å²) < 4.78 is 11.6. The molecule has 0 radical (unpaired) electrons. The van der Waals surface area contributed by atoms with Crippen molar-refractivity contribution in [3.05, 3.63) is 83.4 Å². The fraction of sp³-hybridized carbons (Fsp3) is 0.321. The van der Waals surface area contributed by atoms with Crippen molar-refractivity contribution < 1.29 is 19.4 Å². The van der Waals surface area contributed by atoms with Crippen LogP contribution in [0.1, 0.15) is 36.0 Å². The third-order valence-electron chi connectivity index (χ3n) is 6.70. The average Bonchev–Trinajstić information content (AvgIpc) is 3.43. The fourth-order valence-electron chi connectivity index (χ4n) is 4.88. The Morgan fingerprint density at radius 1 is 1.09 bits per heavy atom. The summed E-state index contributed by atoms with van der Waals surface area (Å²) >= 11 is 0. The van der Waals surface area contributed by atoms with Crippen molar-refractivity contribution in [1.82, 2.24) is 5.32 Å². The molecule has 1 heterocycles. The number of aliphatic hydroxyl groups is 1. The molecule has 0 bridgehead atoms. The summed E-state index contributed by atoms with van der Waals surface area (Å²) in [6, 6.07) is 22.6. The Morgan fingerprint density at radius 3 is 2.47 bits per heavy atom. The maximum atomic E-state index is 12.5. The molecule has 3 N–H and O–H groups in total. The van der Waals surface area contributed by atoms with Gasteiger partial charge in [0, 0.05) is 24.1 Å². The SMILES string of the molecule is CCC(CO)Nc1ccc2c(c1)CC(CNC(=O)OCC1c3ccccc3-c3ccccc31)O2. The summed E-state index contributed by atoms with van der Waals surface area (Å²) in [5.41, 5.74) is 6.87. The number of carbonyl (C=O) groups is 1. The molecule has 1 aliphatic heterocycles. The van der Waals surface area contributed by atoms with Crippen LogP contribution in [-0.4, -0.2) is 43.1 Å². The zero-order valence-electron chi connectivity index (χ0n) is 19.3. The summed E-state index contributed by atoms with van der Waals surface area (Å²) in [5.74, 6) is 0.879. The van der Waals surface area contributed by atoms with E-state index in [1.165, 1.54) is 22.3 Å². The number of hydrogen-bond acceptors (Lipinski definition) is 5. The second-order valence-electron chi connectivity index (χ2n) is 8.91. The van der Waals surface area contributed by atoms with E-state index in [4.69, 9.17) is 9.47 Å². The quantitative estimate of drug-likeness (QED) is 0.456. The largest absolute Gasteiger partial charge is 0.488 e. The first-order valence-corrected chi connectivity index (χ1v) is 11.9. The monoisotopic (exact) mass is 458 g/mol. The number of fused-ring (bicyclic) bond motifs is 4. The van der Waals surface area contributed by atoms with Gasteiger partial charge in [0.2, 0.25) is 0 Å². The highest BCUT2D eigenvalue weighted by atomic mass is 16.5. The van der Waals surface area contributed by atoms with Crippen molar-refractivity contribution >= 4 is 11.8 Å². The first-order valence-electron chi connectivity index (χ1n) is 11.9. The van der Waals surface area contributed by atoms with Gasteiger partial charge in [-0.2, -0.15) is 0 Å². The number of amides is 1. The minimum absolute atomic E-state index is 0.0337. The van der Waals surface area contributed by atoms with Gasteiger partial charge in [-0.1, -0.05) is 55.5 Å². The molecule has 6 heteroatoms. The zero-order valence-corrected chi connectivity index (χ0v) is 19.3. The van der Waals surface area contributed by atoms with Crippen LogP contribution in [0.4, 0.5) is 10.5 Å². The number of benzene rings is 3. The maximum absolute atomic E-state index is 12.5. The third kappa shape index (κ3) is 4.46. The highest BCUT2D eigenvalue weighted by Crippen LogP contribution is 2.44. The van der Waals surface area contributed by atoms with Gasteiger partial charge in [0.1, 0.15) is 18.5 Å². The van der Waals surface area contributed by atoms with Gasteiger partial charge in [0.05, 0.1) is 13.2 Å². The molecular weight excluding hydrogens is 428 g/mol. The van der Waals surface area contributed by atoms with Crippen LogP contribution in [0.2, 0.25) is 0 Å². The molecule has 2 aliphatic rings. The van der Waals surface area contributed by atoms with E-state index in [0.717, 1.165) is 23.4 Å². The lowest BCUT2D eigenvalue weighted by molar-refractivity contribution is 0.136. The Labute approximate surface area is 199 Å². The predicted molar refractivity (Wildman–Crippen MR) is 132 cm³/mol. The lowest BCUT2D eigenvalue weighted by atomic mass is 9.98. The van der Waals surface area contributed by atoms with Gasteiger partial charge in [0.25, 0.3) is 0 Å². The second kappa shape index (κ2) is 9.77. The smallest absolute Gasteiger partial charge is 0.407 e. The Morgan fingerprint density at radius 2 is 1.79 bits per heavy atom. The maximum Gasteiger partial charge on any atom is 0.407 e. The van der Waals surface area contributed by atoms with Crippen molar-refractivity contribution in [2.45, 2.75) is 37.8 Å². The fourth-order valence-corrected chi connectivity index (χ4v) is 4.88.